The SMILES string of the molecule is CS(=O)c1ccc(Nc2cnc3ccc(-c4cccc(S(C)=O)c4)nn23)cc1. The molecule has 2 atom stereocenters. The molecular formula is C20H18N4O2S2. The van der Waals surface area contributed by atoms with E-state index >= 15 is 0 Å². The van der Waals surface area contributed by atoms with E-state index in [1.165, 1.54) is 0 Å². The summed E-state index contributed by atoms with van der Waals surface area (Å²) < 4.78 is 25.0. The van der Waals surface area contributed by atoms with Crippen LogP contribution in [0.15, 0.2) is 76.7 Å². The highest BCUT2D eigenvalue weighted by Crippen LogP contribution is 2.23. The van der Waals surface area contributed by atoms with Crippen molar-refractivity contribution in [2.24, 2.45) is 0 Å². The predicted octanol–water partition coefficient (Wildman–Crippen LogP) is 3.61. The predicted molar refractivity (Wildman–Crippen MR) is 113 cm³/mol. The fourth-order valence-electron chi connectivity index (χ4n) is 2.82. The summed E-state index contributed by atoms with van der Waals surface area (Å²) in [6.45, 7) is 0. The highest BCUT2D eigenvalue weighted by atomic mass is 32.2. The number of hydrogen-bond acceptors (Lipinski definition) is 5. The van der Waals surface area contributed by atoms with Gasteiger partial charge in [-0.05, 0) is 48.5 Å². The summed E-state index contributed by atoms with van der Waals surface area (Å²) in [5, 5.41) is 7.98. The second kappa shape index (κ2) is 7.65. The first-order valence-electron chi connectivity index (χ1n) is 8.50. The molecule has 0 saturated carbocycles. The van der Waals surface area contributed by atoms with Gasteiger partial charge in [0.2, 0.25) is 0 Å². The van der Waals surface area contributed by atoms with Crippen LogP contribution in [0.2, 0.25) is 0 Å². The summed E-state index contributed by atoms with van der Waals surface area (Å²) in [5.41, 5.74) is 3.22. The van der Waals surface area contributed by atoms with Gasteiger partial charge in [0, 0.05) is 55.2 Å². The Balaban J connectivity index is 1.69. The Kier molecular flexibility index (Phi) is 5.06. The number of fused-ring (bicyclic) bond motifs is 1. The van der Waals surface area contributed by atoms with E-state index in [2.05, 4.69) is 10.3 Å². The number of imidazole rings is 1. The molecule has 28 heavy (non-hydrogen) atoms. The van der Waals surface area contributed by atoms with Crippen molar-refractivity contribution in [3.63, 3.8) is 0 Å². The van der Waals surface area contributed by atoms with E-state index in [1.807, 2.05) is 60.7 Å². The standard InChI is InChI=1S/C20H18N4O2S2/c1-27(25)16-8-6-15(7-9-16)22-20-13-21-19-11-10-18(23-24(19)20)14-4-3-5-17(12-14)28(2)26/h3-13,22H,1-2H3. The molecule has 142 valence electrons. The first-order valence-corrected chi connectivity index (χ1v) is 11.6. The number of rotatable bonds is 5. The lowest BCUT2D eigenvalue weighted by molar-refractivity contribution is 0.686. The number of benzene rings is 2. The maximum atomic E-state index is 11.8. The number of nitrogens with zero attached hydrogens (tertiary/aromatic N) is 3. The molecule has 0 aliphatic heterocycles. The molecule has 0 radical (unpaired) electrons. The summed E-state index contributed by atoms with van der Waals surface area (Å²) in [6, 6.07) is 18.8. The maximum absolute atomic E-state index is 11.8. The number of hydrogen-bond donors (Lipinski definition) is 1. The fourth-order valence-corrected chi connectivity index (χ4v) is 3.91. The molecule has 4 rings (SSSR count). The molecule has 0 aliphatic rings. The van der Waals surface area contributed by atoms with Crippen molar-refractivity contribution in [3.8, 4) is 11.3 Å². The molecular weight excluding hydrogens is 392 g/mol. The molecule has 0 amide bonds. The lowest BCUT2D eigenvalue weighted by Gasteiger charge is -2.08. The van der Waals surface area contributed by atoms with Gasteiger partial charge < -0.3 is 5.32 Å². The molecule has 1 N–H and O–H groups in total. The third-order valence-corrected chi connectivity index (χ3v) is 6.14. The van der Waals surface area contributed by atoms with Crippen LogP contribution in [0.4, 0.5) is 11.5 Å². The minimum absolute atomic E-state index is 0.716. The Morgan fingerprint density at radius 3 is 2.36 bits per heavy atom. The molecule has 4 aromatic rings. The van der Waals surface area contributed by atoms with Gasteiger partial charge in [0.25, 0.3) is 0 Å². The van der Waals surface area contributed by atoms with Gasteiger partial charge in [0.1, 0.15) is 0 Å². The van der Waals surface area contributed by atoms with Crippen LogP contribution in [-0.2, 0) is 21.6 Å². The summed E-state index contributed by atoms with van der Waals surface area (Å²) >= 11 is 0. The topological polar surface area (TPSA) is 76.4 Å². The van der Waals surface area contributed by atoms with Crippen LogP contribution in [0, 0.1) is 0 Å². The average Bonchev–Trinajstić information content (AvgIpc) is 3.10. The minimum atomic E-state index is -1.05. The molecule has 2 aromatic heterocycles. The van der Waals surface area contributed by atoms with Crippen LogP contribution >= 0.6 is 0 Å². The van der Waals surface area contributed by atoms with E-state index in [0.717, 1.165) is 32.6 Å². The molecule has 2 heterocycles. The largest absolute Gasteiger partial charge is 0.339 e. The van der Waals surface area contributed by atoms with Gasteiger partial charge in [0.15, 0.2) is 11.5 Å². The zero-order valence-electron chi connectivity index (χ0n) is 15.3. The van der Waals surface area contributed by atoms with Gasteiger partial charge in [0.05, 0.1) is 11.9 Å². The van der Waals surface area contributed by atoms with E-state index < -0.39 is 21.6 Å². The molecule has 8 heteroatoms. The Labute approximate surface area is 167 Å². The van der Waals surface area contributed by atoms with E-state index in [9.17, 15) is 8.42 Å². The molecule has 0 aliphatic carbocycles. The molecule has 6 nitrogen and oxygen atoms in total. The van der Waals surface area contributed by atoms with Crippen molar-refractivity contribution in [1.82, 2.24) is 14.6 Å². The molecule has 0 fully saturated rings. The number of anilines is 2. The summed E-state index contributed by atoms with van der Waals surface area (Å²) in [4.78, 5) is 5.92. The molecule has 2 unspecified atom stereocenters. The van der Waals surface area contributed by atoms with Gasteiger partial charge >= 0.3 is 0 Å². The van der Waals surface area contributed by atoms with Gasteiger partial charge in [-0.1, -0.05) is 12.1 Å². The van der Waals surface area contributed by atoms with Crippen molar-refractivity contribution in [3.05, 3.63) is 66.9 Å². The van der Waals surface area contributed by atoms with Crippen LogP contribution in [-0.4, -0.2) is 35.5 Å². The Morgan fingerprint density at radius 1 is 0.893 bits per heavy atom. The first kappa shape index (κ1) is 18.5. The second-order valence-corrected chi connectivity index (χ2v) is 8.98. The Hall–Kier alpha value is -2.84. The van der Waals surface area contributed by atoms with Gasteiger partial charge in [-0.2, -0.15) is 9.61 Å². The molecule has 0 bridgehead atoms. The van der Waals surface area contributed by atoms with Gasteiger partial charge in [-0.3, -0.25) is 8.42 Å². The van der Waals surface area contributed by atoms with Crippen molar-refractivity contribution in [2.45, 2.75) is 9.79 Å². The van der Waals surface area contributed by atoms with Crippen LogP contribution in [0.25, 0.3) is 16.9 Å². The van der Waals surface area contributed by atoms with E-state index in [-0.39, 0.29) is 0 Å². The Bertz CT molecular complexity index is 1200. The average molecular weight is 411 g/mol. The highest BCUT2D eigenvalue weighted by molar-refractivity contribution is 7.84. The van der Waals surface area contributed by atoms with Crippen molar-refractivity contribution in [2.75, 3.05) is 17.8 Å². The lowest BCUT2D eigenvalue weighted by atomic mass is 10.1. The van der Waals surface area contributed by atoms with Gasteiger partial charge in [-0.25, -0.2) is 4.98 Å². The van der Waals surface area contributed by atoms with Crippen LogP contribution in [0.5, 0.6) is 0 Å². The van der Waals surface area contributed by atoms with Crippen molar-refractivity contribution in [1.29, 1.82) is 0 Å². The molecule has 0 saturated heterocycles. The zero-order chi connectivity index (χ0) is 19.7. The molecule has 2 aromatic carbocycles. The summed E-state index contributed by atoms with van der Waals surface area (Å²) in [5.74, 6) is 0.720. The summed E-state index contributed by atoms with van der Waals surface area (Å²) in [7, 11) is -2.06. The second-order valence-electron chi connectivity index (χ2n) is 6.22. The van der Waals surface area contributed by atoms with Crippen LogP contribution < -0.4 is 5.32 Å². The van der Waals surface area contributed by atoms with E-state index in [1.54, 1.807) is 23.2 Å². The lowest BCUT2D eigenvalue weighted by Crippen LogP contribution is -2.00. The maximum Gasteiger partial charge on any atom is 0.155 e. The smallest absolute Gasteiger partial charge is 0.155 e. The molecule has 0 spiro atoms. The minimum Gasteiger partial charge on any atom is -0.339 e. The van der Waals surface area contributed by atoms with Crippen molar-refractivity contribution >= 4 is 38.8 Å². The monoisotopic (exact) mass is 410 g/mol. The summed E-state index contributed by atoms with van der Waals surface area (Å²) in [6.07, 6.45) is 5.03. The number of nitrogens with one attached hydrogen (secondary N) is 1. The highest BCUT2D eigenvalue weighted by Gasteiger charge is 2.09. The number of aromatic nitrogens is 3. The first-order chi connectivity index (χ1) is 13.5. The fraction of sp³-hybridized carbons (Fsp3) is 0.100. The quantitative estimate of drug-likeness (QED) is 0.544. The zero-order valence-corrected chi connectivity index (χ0v) is 17.0. The van der Waals surface area contributed by atoms with Gasteiger partial charge in [-0.15, -0.1) is 0 Å². The third kappa shape index (κ3) is 3.74. The third-order valence-electron chi connectivity index (χ3n) is 4.28. The van der Waals surface area contributed by atoms with E-state index in [0.29, 0.717) is 5.65 Å². The van der Waals surface area contributed by atoms with Crippen molar-refractivity contribution < 1.29 is 8.42 Å². The van der Waals surface area contributed by atoms with Crippen LogP contribution in [0.3, 0.4) is 0 Å². The normalized spacial score (nSPS) is 13.4. The van der Waals surface area contributed by atoms with E-state index in [4.69, 9.17) is 5.10 Å². The Morgan fingerprint density at radius 2 is 1.64 bits per heavy atom. The van der Waals surface area contributed by atoms with Crippen LogP contribution in [0.1, 0.15) is 0 Å².